The van der Waals surface area contributed by atoms with Crippen LogP contribution in [0.25, 0.3) is 0 Å². The summed E-state index contributed by atoms with van der Waals surface area (Å²) in [6.45, 7) is 3.85. The van der Waals surface area contributed by atoms with Gasteiger partial charge in [-0.05, 0) is 32.0 Å². The molecule has 0 atom stereocenters. The van der Waals surface area contributed by atoms with Crippen LogP contribution < -0.4 is 10.6 Å². The third-order valence-electron chi connectivity index (χ3n) is 3.51. The Morgan fingerprint density at radius 3 is 2.54 bits per heavy atom. The molecule has 128 valence electrons. The average Bonchev–Trinajstić information content (AvgIpc) is 2.92. The minimum Gasteiger partial charge on any atom is -0.339 e. The Balaban J connectivity index is 2.13. The van der Waals surface area contributed by atoms with Crippen LogP contribution in [-0.4, -0.2) is 39.7 Å². The van der Waals surface area contributed by atoms with Gasteiger partial charge in [-0.2, -0.15) is 5.10 Å². The second-order valence-electron chi connectivity index (χ2n) is 5.66. The van der Waals surface area contributed by atoms with Crippen LogP contribution in [0.5, 0.6) is 0 Å². The summed E-state index contributed by atoms with van der Waals surface area (Å²) in [5, 5.41) is 9.62. The van der Waals surface area contributed by atoms with Crippen molar-refractivity contribution in [1.82, 2.24) is 14.7 Å². The van der Waals surface area contributed by atoms with Gasteiger partial charge < -0.3 is 10.2 Å². The standard InChI is InChI=1S/C16H20ClN5O2/c1-10(2)22(4)15(23)11-5-6-12(17)13(9-11)18-16(24)19-14-7-8-21(3)20-14/h5-10H,1-4H3,(H2,18,19,20,24). The fraction of sp³-hybridized carbons (Fsp3) is 0.312. The summed E-state index contributed by atoms with van der Waals surface area (Å²) in [7, 11) is 3.47. The molecule has 0 fully saturated rings. The summed E-state index contributed by atoms with van der Waals surface area (Å²) < 4.78 is 1.57. The van der Waals surface area contributed by atoms with E-state index < -0.39 is 6.03 Å². The average molecular weight is 350 g/mol. The fourth-order valence-corrected chi connectivity index (χ4v) is 2.11. The Bertz CT molecular complexity index is 757. The van der Waals surface area contributed by atoms with Crippen LogP contribution in [0.1, 0.15) is 24.2 Å². The van der Waals surface area contributed by atoms with Crippen molar-refractivity contribution >= 4 is 35.0 Å². The molecule has 1 aromatic heterocycles. The molecule has 1 aromatic carbocycles. The Morgan fingerprint density at radius 2 is 1.96 bits per heavy atom. The highest BCUT2D eigenvalue weighted by Crippen LogP contribution is 2.24. The Morgan fingerprint density at radius 1 is 1.25 bits per heavy atom. The molecule has 3 amide bonds. The number of halogens is 1. The van der Waals surface area contributed by atoms with Crippen molar-refractivity contribution in [3.05, 3.63) is 41.0 Å². The Kier molecular flexibility index (Phi) is 5.46. The molecule has 0 spiro atoms. The summed E-state index contributed by atoms with van der Waals surface area (Å²) in [6.07, 6.45) is 1.71. The van der Waals surface area contributed by atoms with Gasteiger partial charge in [-0.3, -0.25) is 14.8 Å². The molecule has 1 heterocycles. The highest BCUT2D eigenvalue weighted by molar-refractivity contribution is 6.34. The van der Waals surface area contributed by atoms with E-state index in [9.17, 15) is 9.59 Å². The number of rotatable bonds is 4. The monoisotopic (exact) mass is 349 g/mol. The van der Waals surface area contributed by atoms with Gasteiger partial charge in [0.1, 0.15) is 0 Å². The first-order valence-electron chi connectivity index (χ1n) is 7.42. The molecular weight excluding hydrogens is 330 g/mol. The van der Waals surface area contributed by atoms with Gasteiger partial charge in [0.15, 0.2) is 5.82 Å². The van der Waals surface area contributed by atoms with E-state index in [1.165, 1.54) is 0 Å². The lowest BCUT2D eigenvalue weighted by molar-refractivity contribution is 0.0755. The van der Waals surface area contributed by atoms with Crippen LogP contribution >= 0.6 is 11.6 Å². The molecule has 24 heavy (non-hydrogen) atoms. The predicted octanol–water partition coefficient (Wildman–Crippen LogP) is 3.20. The number of aryl methyl sites for hydroxylation is 1. The molecule has 0 unspecified atom stereocenters. The molecule has 0 bridgehead atoms. The molecular formula is C16H20ClN5O2. The molecule has 0 aliphatic heterocycles. The molecule has 2 rings (SSSR count). The van der Waals surface area contributed by atoms with Crippen molar-refractivity contribution in [1.29, 1.82) is 0 Å². The lowest BCUT2D eigenvalue weighted by Crippen LogP contribution is -2.33. The third-order valence-corrected chi connectivity index (χ3v) is 3.84. The Labute approximate surface area is 145 Å². The first-order valence-corrected chi connectivity index (χ1v) is 7.80. The van der Waals surface area contributed by atoms with E-state index in [1.807, 2.05) is 13.8 Å². The van der Waals surface area contributed by atoms with Gasteiger partial charge >= 0.3 is 6.03 Å². The summed E-state index contributed by atoms with van der Waals surface area (Å²) >= 11 is 6.11. The quantitative estimate of drug-likeness (QED) is 0.889. The van der Waals surface area contributed by atoms with E-state index in [1.54, 1.807) is 54.1 Å². The number of benzene rings is 1. The van der Waals surface area contributed by atoms with Gasteiger partial charge in [0.25, 0.3) is 5.91 Å². The zero-order valence-corrected chi connectivity index (χ0v) is 14.8. The second kappa shape index (κ2) is 7.35. The lowest BCUT2D eigenvalue weighted by Gasteiger charge is -2.22. The van der Waals surface area contributed by atoms with Gasteiger partial charge in [0.2, 0.25) is 0 Å². The Hall–Kier alpha value is -2.54. The van der Waals surface area contributed by atoms with Crippen molar-refractivity contribution in [2.24, 2.45) is 7.05 Å². The molecule has 0 saturated heterocycles. The summed E-state index contributed by atoms with van der Waals surface area (Å²) in [4.78, 5) is 26.0. The maximum atomic E-state index is 12.4. The smallest absolute Gasteiger partial charge is 0.324 e. The minimum atomic E-state index is -0.489. The van der Waals surface area contributed by atoms with E-state index in [4.69, 9.17) is 11.6 Å². The number of nitrogens with zero attached hydrogens (tertiary/aromatic N) is 3. The number of carbonyl (C=O) groups is 2. The van der Waals surface area contributed by atoms with Crippen molar-refractivity contribution in [2.45, 2.75) is 19.9 Å². The fourth-order valence-electron chi connectivity index (χ4n) is 1.94. The molecule has 7 nitrogen and oxygen atoms in total. The van der Waals surface area contributed by atoms with Gasteiger partial charge in [0, 0.05) is 38.0 Å². The van der Waals surface area contributed by atoms with Crippen LogP contribution in [-0.2, 0) is 7.05 Å². The van der Waals surface area contributed by atoms with E-state index in [0.717, 1.165) is 0 Å². The highest BCUT2D eigenvalue weighted by Gasteiger charge is 2.16. The number of anilines is 2. The molecule has 0 aliphatic rings. The van der Waals surface area contributed by atoms with Crippen LogP contribution in [0.3, 0.4) is 0 Å². The topological polar surface area (TPSA) is 79.3 Å². The van der Waals surface area contributed by atoms with E-state index in [2.05, 4.69) is 15.7 Å². The zero-order valence-electron chi connectivity index (χ0n) is 14.0. The highest BCUT2D eigenvalue weighted by atomic mass is 35.5. The zero-order chi connectivity index (χ0) is 17.9. The minimum absolute atomic E-state index is 0.0667. The number of carbonyl (C=O) groups excluding carboxylic acids is 2. The van der Waals surface area contributed by atoms with Crippen molar-refractivity contribution in [3.63, 3.8) is 0 Å². The number of aromatic nitrogens is 2. The predicted molar refractivity (Wildman–Crippen MR) is 94.5 cm³/mol. The van der Waals surface area contributed by atoms with Crippen LogP contribution in [0, 0.1) is 0 Å². The van der Waals surface area contributed by atoms with Gasteiger partial charge in [-0.25, -0.2) is 4.79 Å². The third kappa shape index (κ3) is 4.26. The first-order chi connectivity index (χ1) is 11.3. The molecule has 8 heteroatoms. The largest absolute Gasteiger partial charge is 0.339 e. The first kappa shape index (κ1) is 17.8. The van der Waals surface area contributed by atoms with Crippen molar-refractivity contribution in [3.8, 4) is 0 Å². The van der Waals surface area contributed by atoms with Crippen molar-refractivity contribution < 1.29 is 9.59 Å². The molecule has 0 aliphatic carbocycles. The number of nitrogens with one attached hydrogen (secondary N) is 2. The number of amides is 3. The van der Waals surface area contributed by atoms with Crippen LogP contribution in [0.2, 0.25) is 5.02 Å². The normalized spacial score (nSPS) is 10.6. The molecule has 0 saturated carbocycles. The number of hydrogen-bond acceptors (Lipinski definition) is 3. The van der Waals surface area contributed by atoms with Gasteiger partial charge in [0.05, 0.1) is 10.7 Å². The maximum Gasteiger partial charge on any atom is 0.324 e. The van der Waals surface area contributed by atoms with Gasteiger partial charge in [-0.1, -0.05) is 11.6 Å². The van der Waals surface area contributed by atoms with Crippen LogP contribution in [0.4, 0.5) is 16.3 Å². The second-order valence-corrected chi connectivity index (χ2v) is 6.07. The summed E-state index contributed by atoms with van der Waals surface area (Å²) in [5.41, 5.74) is 0.803. The van der Waals surface area contributed by atoms with E-state index in [-0.39, 0.29) is 11.9 Å². The van der Waals surface area contributed by atoms with E-state index >= 15 is 0 Å². The van der Waals surface area contributed by atoms with E-state index in [0.29, 0.717) is 22.1 Å². The van der Waals surface area contributed by atoms with Gasteiger partial charge in [-0.15, -0.1) is 0 Å². The maximum absolute atomic E-state index is 12.4. The molecule has 0 radical (unpaired) electrons. The lowest BCUT2D eigenvalue weighted by atomic mass is 10.1. The number of urea groups is 1. The number of hydrogen-bond donors (Lipinski definition) is 2. The summed E-state index contributed by atoms with van der Waals surface area (Å²) in [6, 6.07) is 6.01. The summed E-state index contributed by atoms with van der Waals surface area (Å²) in [5.74, 6) is 0.271. The molecule has 2 N–H and O–H groups in total. The van der Waals surface area contributed by atoms with Crippen LogP contribution in [0.15, 0.2) is 30.5 Å². The SMILES string of the molecule is CC(C)N(C)C(=O)c1ccc(Cl)c(NC(=O)Nc2ccn(C)n2)c1. The van der Waals surface area contributed by atoms with Crippen molar-refractivity contribution in [2.75, 3.05) is 17.7 Å². The molecule has 2 aromatic rings.